The van der Waals surface area contributed by atoms with Gasteiger partial charge in [0.25, 0.3) is 5.91 Å². The summed E-state index contributed by atoms with van der Waals surface area (Å²) in [6, 6.07) is 21.3. The molecule has 4 nitrogen and oxygen atoms in total. The molecule has 0 saturated carbocycles. The number of halogens is 1. The number of amides is 1. The van der Waals surface area contributed by atoms with Crippen molar-refractivity contribution in [2.45, 2.75) is 6.42 Å². The van der Waals surface area contributed by atoms with Gasteiger partial charge in [-0.05, 0) is 66.6 Å². The number of aromatic nitrogens is 1. The Morgan fingerprint density at radius 2 is 1.61 bits per heavy atom. The first-order valence-electron chi connectivity index (χ1n) is 9.15. The molecule has 0 bridgehead atoms. The van der Waals surface area contributed by atoms with E-state index in [-0.39, 0.29) is 11.7 Å². The van der Waals surface area contributed by atoms with Gasteiger partial charge in [0, 0.05) is 40.6 Å². The van der Waals surface area contributed by atoms with Gasteiger partial charge in [-0.3, -0.25) is 4.79 Å². The molecule has 0 aliphatic rings. The molecule has 5 heteroatoms. The SMILES string of the molecule is O=C(Nc1ccc(NCCc2c[nH]c3ccccc23)cc1)c1ccc(F)cc1. The first-order valence-corrected chi connectivity index (χ1v) is 9.15. The minimum atomic E-state index is -0.361. The van der Waals surface area contributed by atoms with Gasteiger partial charge in [-0.1, -0.05) is 18.2 Å². The van der Waals surface area contributed by atoms with Gasteiger partial charge < -0.3 is 15.6 Å². The third-order valence-electron chi connectivity index (χ3n) is 4.65. The molecular formula is C23H20FN3O. The van der Waals surface area contributed by atoms with Crippen LogP contribution in [0.2, 0.25) is 0 Å². The molecule has 28 heavy (non-hydrogen) atoms. The molecule has 0 saturated heterocycles. The molecule has 4 aromatic rings. The molecule has 1 amide bonds. The van der Waals surface area contributed by atoms with Gasteiger partial charge in [-0.15, -0.1) is 0 Å². The van der Waals surface area contributed by atoms with E-state index in [0.717, 1.165) is 24.2 Å². The molecule has 0 fully saturated rings. The van der Waals surface area contributed by atoms with Crippen LogP contribution in [0, 0.1) is 5.82 Å². The maximum Gasteiger partial charge on any atom is 0.255 e. The summed E-state index contributed by atoms with van der Waals surface area (Å²) in [6.07, 6.45) is 2.97. The number of carbonyl (C=O) groups excluding carboxylic acids is 1. The van der Waals surface area contributed by atoms with Crippen LogP contribution >= 0.6 is 0 Å². The average Bonchev–Trinajstić information content (AvgIpc) is 3.13. The fourth-order valence-corrected chi connectivity index (χ4v) is 3.16. The Balaban J connectivity index is 1.32. The topological polar surface area (TPSA) is 56.9 Å². The summed E-state index contributed by atoms with van der Waals surface area (Å²) in [4.78, 5) is 15.5. The molecule has 1 aromatic heterocycles. The Bertz CT molecular complexity index is 1090. The van der Waals surface area contributed by atoms with E-state index in [9.17, 15) is 9.18 Å². The van der Waals surface area contributed by atoms with Crippen LogP contribution in [-0.2, 0) is 6.42 Å². The highest BCUT2D eigenvalue weighted by molar-refractivity contribution is 6.04. The lowest BCUT2D eigenvalue weighted by Gasteiger charge is -2.09. The highest BCUT2D eigenvalue weighted by atomic mass is 19.1. The first kappa shape index (κ1) is 17.8. The molecule has 140 valence electrons. The summed E-state index contributed by atoms with van der Waals surface area (Å²) in [6.45, 7) is 0.809. The average molecular weight is 373 g/mol. The second-order valence-electron chi connectivity index (χ2n) is 6.57. The molecule has 0 radical (unpaired) electrons. The monoisotopic (exact) mass is 373 g/mol. The van der Waals surface area contributed by atoms with E-state index in [0.29, 0.717) is 11.3 Å². The standard InChI is InChI=1S/C23H20FN3O/c24-18-7-5-16(6-8-18)23(28)27-20-11-9-19(10-12-20)25-14-13-17-15-26-22-4-2-1-3-21(17)22/h1-12,15,25-26H,13-14H2,(H,27,28). The van der Waals surface area contributed by atoms with Crippen molar-refractivity contribution in [2.24, 2.45) is 0 Å². The lowest BCUT2D eigenvalue weighted by molar-refractivity contribution is 0.102. The third-order valence-corrected chi connectivity index (χ3v) is 4.65. The van der Waals surface area contributed by atoms with E-state index in [1.165, 1.54) is 35.2 Å². The second-order valence-corrected chi connectivity index (χ2v) is 6.57. The normalized spacial score (nSPS) is 10.8. The van der Waals surface area contributed by atoms with Gasteiger partial charge >= 0.3 is 0 Å². The van der Waals surface area contributed by atoms with Crippen molar-refractivity contribution < 1.29 is 9.18 Å². The van der Waals surface area contributed by atoms with Crippen molar-refractivity contribution >= 4 is 28.2 Å². The number of rotatable bonds is 6. The molecule has 1 heterocycles. The number of hydrogen-bond donors (Lipinski definition) is 3. The molecule has 3 N–H and O–H groups in total. The predicted octanol–water partition coefficient (Wildman–Crippen LogP) is 5.21. The maximum absolute atomic E-state index is 12.9. The number of carbonyl (C=O) groups is 1. The molecule has 4 rings (SSSR count). The van der Waals surface area contributed by atoms with E-state index >= 15 is 0 Å². The highest BCUT2D eigenvalue weighted by Crippen LogP contribution is 2.19. The molecule has 0 aliphatic carbocycles. The van der Waals surface area contributed by atoms with Crippen molar-refractivity contribution in [3.8, 4) is 0 Å². The number of fused-ring (bicyclic) bond motifs is 1. The van der Waals surface area contributed by atoms with E-state index in [2.05, 4.69) is 33.9 Å². The van der Waals surface area contributed by atoms with Gasteiger partial charge in [0.1, 0.15) is 5.82 Å². The number of benzene rings is 3. The summed E-state index contributed by atoms with van der Waals surface area (Å²) in [5, 5.41) is 7.46. The smallest absolute Gasteiger partial charge is 0.255 e. The fourth-order valence-electron chi connectivity index (χ4n) is 3.16. The van der Waals surface area contributed by atoms with Crippen LogP contribution in [0.4, 0.5) is 15.8 Å². The van der Waals surface area contributed by atoms with Gasteiger partial charge in [0.2, 0.25) is 0 Å². The van der Waals surface area contributed by atoms with Crippen LogP contribution in [0.25, 0.3) is 10.9 Å². The lowest BCUT2D eigenvalue weighted by atomic mass is 10.1. The zero-order valence-corrected chi connectivity index (χ0v) is 15.2. The number of hydrogen-bond acceptors (Lipinski definition) is 2. The molecule has 0 atom stereocenters. The number of para-hydroxylation sites is 1. The molecule has 0 spiro atoms. The Hall–Kier alpha value is -3.60. The van der Waals surface area contributed by atoms with Crippen LogP contribution in [0.3, 0.4) is 0 Å². The number of H-pyrrole nitrogens is 1. The highest BCUT2D eigenvalue weighted by Gasteiger charge is 2.06. The summed E-state index contributed by atoms with van der Waals surface area (Å²) in [7, 11) is 0. The Labute approximate surface area is 162 Å². The molecule has 0 aliphatic heterocycles. The summed E-state index contributed by atoms with van der Waals surface area (Å²) in [5.74, 6) is -0.625. The number of anilines is 2. The molecule has 0 unspecified atom stereocenters. The van der Waals surface area contributed by atoms with E-state index in [4.69, 9.17) is 0 Å². The van der Waals surface area contributed by atoms with Crippen molar-refractivity contribution in [3.63, 3.8) is 0 Å². The van der Waals surface area contributed by atoms with Gasteiger partial charge in [0.15, 0.2) is 0 Å². The summed E-state index contributed by atoms with van der Waals surface area (Å²) < 4.78 is 12.9. The van der Waals surface area contributed by atoms with Crippen molar-refractivity contribution in [2.75, 3.05) is 17.2 Å². The zero-order chi connectivity index (χ0) is 19.3. The molecular weight excluding hydrogens is 353 g/mol. The predicted molar refractivity (Wildman–Crippen MR) is 111 cm³/mol. The van der Waals surface area contributed by atoms with E-state index in [1.54, 1.807) is 0 Å². The second kappa shape index (κ2) is 7.96. The first-order chi connectivity index (χ1) is 13.7. The van der Waals surface area contributed by atoms with Crippen molar-refractivity contribution in [1.82, 2.24) is 4.98 Å². The lowest BCUT2D eigenvalue weighted by Crippen LogP contribution is -2.12. The van der Waals surface area contributed by atoms with Crippen LogP contribution in [0.15, 0.2) is 79.0 Å². The Kier molecular flexibility index (Phi) is 5.06. The molecule has 3 aromatic carbocycles. The Morgan fingerprint density at radius 3 is 2.39 bits per heavy atom. The summed E-state index contributed by atoms with van der Waals surface area (Å²) in [5.41, 5.74) is 4.53. The minimum Gasteiger partial charge on any atom is -0.385 e. The number of aromatic amines is 1. The quantitative estimate of drug-likeness (QED) is 0.434. The van der Waals surface area contributed by atoms with E-state index < -0.39 is 0 Å². The zero-order valence-electron chi connectivity index (χ0n) is 15.2. The van der Waals surface area contributed by atoms with Crippen LogP contribution in [0.1, 0.15) is 15.9 Å². The summed E-state index contributed by atoms with van der Waals surface area (Å²) >= 11 is 0. The van der Waals surface area contributed by atoms with Gasteiger partial charge in [-0.25, -0.2) is 4.39 Å². The third kappa shape index (κ3) is 4.04. The van der Waals surface area contributed by atoms with Crippen molar-refractivity contribution in [1.29, 1.82) is 0 Å². The number of nitrogens with one attached hydrogen (secondary N) is 3. The van der Waals surface area contributed by atoms with Crippen LogP contribution in [0.5, 0.6) is 0 Å². The largest absolute Gasteiger partial charge is 0.385 e. The van der Waals surface area contributed by atoms with Crippen LogP contribution < -0.4 is 10.6 Å². The Morgan fingerprint density at radius 1 is 0.893 bits per heavy atom. The van der Waals surface area contributed by atoms with E-state index in [1.807, 2.05) is 36.4 Å². The van der Waals surface area contributed by atoms with Gasteiger partial charge in [-0.2, -0.15) is 0 Å². The fraction of sp³-hybridized carbons (Fsp3) is 0.0870. The van der Waals surface area contributed by atoms with Gasteiger partial charge in [0.05, 0.1) is 0 Å². The minimum absolute atomic E-state index is 0.264. The van der Waals surface area contributed by atoms with Crippen LogP contribution in [-0.4, -0.2) is 17.4 Å². The maximum atomic E-state index is 12.9. The van der Waals surface area contributed by atoms with Crippen molar-refractivity contribution in [3.05, 3.63) is 95.9 Å².